The Hall–Kier alpha value is -0.0800. The van der Waals surface area contributed by atoms with Crippen molar-refractivity contribution in [2.24, 2.45) is 11.8 Å². The van der Waals surface area contributed by atoms with Gasteiger partial charge in [0.1, 0.15) is 0 Å². The highest BCUT2D eigenvalue weighted by Gasteiger charge is 2.19. The van der Waals surface area contributed by atoms with E-state index in [2.05, 4.69) is 5.32 Å². The van der Waals surface area contributed by atoms with Crippen molar-refractivity contribution >= 4 is 0 Å². The molecule has 2 heterocycles. The van der Waals surface area contributed by atoms with Gasteiger partial charge in [0.15, 0.2) is 0 Å². The minimum Gasteiger partial charge on any atom is -0.381 e. The highest BCUT2D eigenvalue weighted by atomic mass is 16.5. The van der Waals surface area contributed by atoms with Crippen LogP contribution in [0.4, 0.5) is 0 Å². The molecular formula is C10H19NO. The largest absolute Gasteiger partial charge is 0.381 e. The summed E-state index contributed by atoms with van der Waals surface area (Å²) in [6.07, 6.45) is 5.51. The number of ether oxygens (including phenoxy) is 1. The normalized spacial score (nSPS) is 36.0. The predicted octanol–water partition coefficient (Wildman–Crippen LogP) is 1.41. The van der Waals surface area contributed by atoms with Crippen LogP contribution in [0.2, 0.25) is 0 Å². The van der Waals surface area contributed by atoms with Gasteiger partial charge in [-0.15, -0.1) is 0 Å². The molecule has 0 radical (unpaired) electrons. The van der Waals surface area contributed by atoms with Crippen LogP contribution in [-0.2, 0) is 4.74 Å². The second-order valence-corrected chi connectivity index (χ2v) is 4.17. The molecule has 2 heteroatoms. The summed E-state index contributed by atoms with van der Waals surface area (Å²) in [5, 5.41) is 3.42. The van der Waals surface area contributed by atoms with E-state index in [0.717, 1.165) is 25.0 Å². The molecule has 2 fully saturated rings. The van der Waals surface area contributed by atoms with Gasteiger partial charge in [0.25, 0.3) is 0 Å². The summed E-state index contributed by atoms with van der Waals surface area (Å²) in [4.78, 5) is 0. The molecule has 0 bridgehead atoms. The first kappa shape index (κ1) is 8.52. The van der Waals surface area contributed by atoms with Crippen molar-refractivity contribution in [1.82, 2.24) is 5.32 Å². The molecule has 0 aliphatic carbocycles. The smallest absolute Gasteiger partial charge is 0.0495 e. The van der Waals surface area contributed by atoms with Crippen molar-refractivity contribution in [3.05, 3.63) is 0 Å². The molecule has 0 aromatic heterocycles. The minimum absolute atomic E-state index is 0.880. The summed E-state index contributed by atoms with van der Waals surface area (Å²) >= 11 is 0. The van der Waals surface area contributed by atoms with Crippen molar-refractivity contribution in [3.8, 4) is 0 Å². The van der Waals surface area contributed by atoms with E-state index in [9.17, 15) is 0 Å². The number of nitrogens with one attached hydrogen (secondary N) is 1. The summed E-state index contributed by atoms with van der Waals surface area (Å²) in [5.41, 5.74) is 0. The lowest BCUT2D eigenvalue weighted by molar-refractivity contribution is 0.182. The van der Waals surface area contributed by atoms with Crippen LogP contribution >= 0.6 is 0 Å². The van der Waals surface area contributed by atoms with E-state index in [1.165, 1.54) is 38.8 Å². The molecule has 2 aliphatic rings. The van der Waals surface area contributed by atoms with E-state index >= 15 is 0 Å². The standard InChI is InChI=1S/C10H19NO/c1(9-3-5-11-7-9)2-10-4-6-12-8-10/h9-11H,1-8H2. The van der Waals surface area contributed by atoms with Gasteiger partial charge < -0.3 is 10.1 Å². The Bertz CT molecular complexity index is 110. The van der Waals surface area contributed by atoms with Gasteiger partial charge in [0, 0.05) is 13.2 Å². The highest BCUT2D eigenvalue weighted by Crippen LogP contribution is 2.23. The van der Waals surface area contributed by atoms with Crippen molar-refractivity contribution in [1.29, 1.82) is 0 Å². The lowest BCUT2D eigenvalue weighted by atomic mass is 9.95. The van der Waals surface area contributed by atoms with Crippen LogP contribution < -0.4 is 5.32 Å². The maximum atomic E-state index is 5.36. The zero-order valence-electron chi connectivity index (χ0n) is 7.72. The molecule has 70 valence electrons. The first-order valence-electron chi connectivity index (χ1n) is 5.23. The Kier molecular flexibility index (Phi) is 3.01. The van der Waals surface area contributed by atoms with Gasteiger partial charge in [-0.25, -0.2) is 0 Å². The third kappa shape index (κ3) is 2.20. The van der Waals surface area contributed by atoms with Crippen LogP contribution in [-0.4, -0.2) is 26.3 Å². The van der Waals surface area contributed by atoms with Crippen molar-refractivity contribution in [3.63, 3.8) is 0 Å². The second kappa shape index (κ2) is 4.24. The molecule has 0 aromatic rings. The molecule has 2 nitrogen and oxygen atoms in total. The maximum absolute atomic E-state index is 5.36. The van der Waals surface area contributed by atoms with Crippen LogP contribution in [0.5, 0.6) is 0 Å². The van der Waals surface area contributed by atoms with Crippen molar-refractivity contribution < 1.29 is 4.74 Å². The van der Waals surface area contributed by atoms with Crippen LogP contribution in [0.25, 0.3) is 0 Å². The average Bonchev–Trinajstić information content (AvgIpc) is 2.74. The lowest BCUT2D eigenvalue weighted by Crippen LogP contribution is -2.10. The Labute approximate surface area is 74.7 Å². The number of rotatable bonds is 3. The van der Waals surface area contributed by atoms with E-state index in [1.54, 1.807) is 0 Å². The molecule has 2 saturated heterocycles. The van der Waals surface area contributed by atoms with Gasteiger partial charge in [-0.3, -0.25) is 0 Å². The highest BCUT2D eigenvalue weighted by molar-refractivity contribution is 4.73. The van der Waals surface area contributed by atoms with Crippen LogP contribution in [0.15, 0.2) is 0 Å². The summed E-state index contributed by atoms with van der Waals surface area (Å²) in [6, 6.07) is 0. The molecule has 0 aromatic carbocycles. The average molecular weight is 169 g/mol. The quantitative estimate of drug-likeness (QED) is 0.689. The zero-order chi connectivity index (χ0) is 8.23. The van der Waals surface area contributed by atoms with Gasteiger partial charge in [0.05, 0.1) is 0 Å². The van der Waals surface area contributed by atoms with E-state index < -0.39 is 0 Å². The van der Waals surface area contributed by atoms with Crippen LogP contribution in [0, 0.1) is 11.8 Å². The molecule has 2 unspecified atom stereocenters. The second-order valence-electron chi connectivity index (χ2n) is 4.17. The van der Waals surface area contributed by atoms with Crippen molar-refractivity contribution in [2.75, 3.05) is 26.3 Å². The fraction of sp³-hybridized carbons (Fsp3) is 1.00. The van der Waals surface area contributed by atoms with E-state index in [-0.39, 0.29) is 0 Å². The predicted molar refractivity (Wildman–Crippen MR) is 49.1 cm³/mol. The van der Waals surface area contributed by atoms with Gasteiger partial charge in [-0.1, -0.05) is 0 Å². The van der Waals surface area contributed by atoms with Crippen LogP contribution in [0.1, 0.15) is 25.7 Å². The first-order chi connectivity index (χ1) is 5.95. The SMILES string of the molecule is C1CC(CCC2CCOC2)CN1. The molecule has 2 aliphatic heterocycles. The summed E-state index contributed by atoms with van der Waals surface area (Å²) in [6.45, 7) is 4.53. The third-order valence-electron chi connectivity index (χ3n) is 3.17. The Morgan fingerprint density at radius 2 is 2.08 bits per heavy atom. The molecule has 1 N–H and O–H groups in total. The molecule has 2 rings (SSSR count). The summed E-state index contributed by atoms with van der Waals surface area (Å²) < 4.78 is 5.36. The minimum atomic E-state index is 0.880. The fourth-order valence-corrected chi connectivity index (χ4v) is 2.24. The molecule has 0 saturated carbocycles. The molecule has 12 heavy (non-hydrogen) atoms. The monoisotopic (exact) mass is 169 g/mol. The number of hydrogen-bond donors (Lipinski definition) is 1. The van der Waals surface area contributed by atoms with Crippen molar-refractivity contribution in [2.45, 2.75) is 25.7 Å². The first-order valence-corrected chi connectivity index (χ1v) is 5.23. The summed E-state index contributed by atoms with van der Waals surface area (Å²) in [7, 11) is 0. The van der Waals surface area contributed by atoms with Crippen LogP contribution in [0.3, 0.4) is 0 Å². The lowest BCUT2D eigenvalue weighted by Gasteiger charge is -2.10. The zero-order valence-corrected chi connectivity index (χ0v) is 7.72. The summed E-state index contributed by atoms with van der Waals surface area (Å²) in [5.74, 6) is 1.84. The van der Waals surface area contributed by atoms with Gasteiger partial charge in [-0.05, 0) is 50.6 Å². The molecule has 0 spiro atoms. The third-order valence-corrected chi connectivity index (χ3v) is 3.17. The molecular weight excluding hydrogens is 150 g/mol. The molecule has 2 atom stereocenters. The number of hydrogen-bond acceptors (Lipinski definition) is 2. The molecule has 0 amide bonds. The van der Waals surface area contributed by atoms with E-state index in [0.29, 0.717) is 0 Å². The van der Waals surface area contributed by atoms with Gasteiger partial charge in [-0.2, -0.15) is 0 Å². The van der Waals surface area contributed by atoms with E-state index in [4.69, 9.17) is 4.74 Å². The Morgan fingerprint density at radius 1 is 1.17 bits per heavy atom. The maximum Gasteiger partial charge on any atom is 0.0495 e. The van der Waals surface area contributed by atoms with E-state index in [1.807, 2.05) is 0 Å². The Morgan fingerprint density at radius 3 is 2.75 bits per heavy atom. The fourth-order valence-electron chi connectivity index (χ4n) is 2.24. The Balaban J connectivity index is 1.60. The van der Waals surface area contributed by atoms with Gasteiger partial charge in [0.2, 0.25) is 0 Å². The van der Waals surface area contributed by atoms with Gasteiger partial charge >= 0.3 is 0 Å². The topological polar surface area (TPSA) is 21.3 Å².